The lowest BCUT2D eigenvalue weighted by Gasteiger charge is -2.29. The molecule has 0 fully saturated rings. The van der Waals surface area contributed by atoms with Gasteiger partial charge in [0.25, 0.3) is 0 Å². The fourth-order valence-corrected chi connectivity index (χ4v) is 3.83. The number of rotatable bonds is 9. The van der Waals surface area contributed by atoms with Gasteiger partial charge in [-0.1, -0.05) is 35.5 Å². The van der Waals surface area contributed by atoms with E-state index in [0.29, 0.717) is 34.8 Å². The highest BCUT2D eigenvalue weighted by Gasteiger charge is 2.24. The van der Waals surface area contributed by atoms with Crippen LogP contribution in [0.1, 0.15) is 24.4 Å². The number of nitrogens with one attached hydrogen (secondary N) is 1. The number of anilines is 1. The molecule has 37 heavy (non-hydrogen) atoms. The molecule has 1 aromatic heterocycles. The number of methoxy groups -OCH3 is 2. The molecule has 10 heteroatoms. The van der Waals surface area contributed by atoms with Crippen LogP contribution in [0.25, 0.3) is 11.4 Å². The van der Waals surface area contributed by atoms with Crippen molar-refractivity contribution in [1.82, 2.24) is 15.0 Å². The largest absolute Gasteiger partial charge is 0.493 e. The van der Waals surface area contributed by atoms with Gasteiger partial charge in [-0.25, -0.2) is 13.6 Å². The van der Waals surface area contributed by atoms with Crippen LogP contribution in [0.5, 0.6) is 11.5 Å². The Hall–Kier alpha value is -4.47. The van der Waals surface area contributed by atoms with Gasteiger partial charge in [-0.05, 0) is 42.8 Å². The molecule has 0 spiro atoms. The van der Waals surface area contributed by atoms with E-state index in [1.807, 2.05) is 37.3 Å². The van der Waals surface area contributed by atoms with Crippen LogP contribution < -0.4 is 14.8 Å². The lowest BCUT2D eigenvalue weighted by atomic mass is 10.1. The Kier molecular flexibility index (Phi) is 7.97. The van der Waals surface area contributed by atoms with E-state index in [2.05, 4.69) is 15.5 Å². The monoisotopic (exact) mass is 508 g/mol. The molecule has 0 aliphatic carbocycles. The topological polar surface area (TPSA) is 89.7 Å². The van der Waals surface area contributed by atoms with Crippen molar-refractivity contribution < 1.29 is 27.6 Å². The number of urea groups is 1. The van der Waals surface area contributed by atoms with Crippen LogP contribution in [0.4, 0.5) is 19.3 Å². The minimum atomic E-state index is -0.864. The Morgan fingerprint density at radius 1 is 1.03 bits per heavy atom. The van der Waals surface area contributed by atoms with Crippen molar-refractivity contribution in [1.29, 1.82) is 0 Å². The van der Waals surface area contributed by atoms with Gasteiger partial charge in [0.05, 0.1) is 25.9 Å². The van der Waals surface area contributed by atoms with Crippen molar-refractivity contribution >= 4 is 11.7 Å². The minimum absolute atomic E-state index is 0.120. The first kappa shape index (κ1) is 25.6. The summed E-state index contributed by atoms with van der Waals surface area (Å²) in [5, 5.41) is 6.58. The van der Waals surface area contributed by atoms with Crippen molar-refractivity contribution in [2.75, 3.05) is 26.1 Å². The maximum atomic E-state index is 14.2. The molecule has 8 nitrogen and oxygen atoms in total. The first-order valence-corrected chi connectivity index (χ1v) is 11.5. The Bertz CT molecular complexity index is 1360. The van der Waals surface area contributed by atoms with Crippen LogP contribution >= 0.6 is 0 Å². The molecule has 3 aromatic carbocycles. The molecule has 1 unspecified atom stereocenters. The zero-order chi connectivity index (χ0) is 26.4. The molecule has 4 rings (SSSR count). The second-order valence-electron chi connectivity index (χ2n) is 8.17. The third kappa shape index (κ3) is 6.03. The summed E-state index contributed by atoms with van der Waals surface area (Å²) >= 11 is 0. The quantitative estimate of drug-likeness (QED) is 0.304. The van der Waals surface area contributed by atoms with Crippen molar-refractivity contribution in [3.8, 4) is 22.9 Å². The highest BCUT2D eigenvalue weighted by molar-refractivity contribution is 5.89. The first-order valence-electron chi connectivity index (χ1n) is 11.5. The smallest absolute Gasteiger partial charge is 0.322 e. The van der Waals surface area contributed by atoms with E-state index < -0.39 is 17.7 Å². The van der Waals surface area contributed by atoms with Crippen molar-refractivity contribution in [3.05, 3.63) is 89.8 Å². The van der Waals surface area contributed by atoms with Crippen molar-refractivity contribution in [2.24, 2.45) is 0 Å². The van der Waals surface area contributed by atoms with Gasteiger partial charge < -0.3 is 24.2 Å². The fourth-order valence-electron chi connectivity index (χ4n) is 3.83. The molecule has 192 valence electrons. The van der Waals surface area contributed by atoms with Gasteiger partial charge in [-0.2, -0.15) is 4.98 Å². The first-order chi connectivity index (χ1) is 17.9. The van der Waals surface area contributed by atoms with Gasteiger partial charge in [0.2, 0.25) is 11.7 Å². The number of carbonyl (C=O) groups is 1. The number of benzene rings is 3. The van der Waals surface area contributed by atoms with E-state index >= 15 is 0 Å². The van der Waals surface area contributed by atoms with E-state index in [0.717, 1.165) is 11.6 Å². The molecule has 1 heterocycles. The van der Waals surface area contributed by atoms with Crippen LogP contribution in [-0.2, 0) is 6.42 Å². The molecule has 0 aliphatic heterocycles. The van der Waals surface area contributed by atoms with E-state index in [4.69, 9.17) is 14.0 Å². The number of ether oxygens (including phenoxy) is 2. The Balaban J connectivity index is 1.53. The molecule has 4 aromatic rings. The Labute approximate surface area is 212 Å². The predicted octanol–water partition coefficient (Wildman–Crippen LogP) is 5.87. The molecular weight excluding hydrogens is 482 g/mol. The Morgan fingerprint density at radius 3 is 2.49 bits per heavy atom. The van der Waals surface area contributed by atoms with Crippen LogP contribution in [0.3, 0.4) is 0 Å². The highest BCUT2D eigenvalue weighted by atomic mass is 19.1. The van der Waals surface area contributed by atoms with Gasteiger partial charge in [0, 0.05) is 24.6 Å². The van der Waals surface area contributed by atoms with E-state index in [1.54, 1.807) is 25.3 Å². The maximum absolute atomic E-state index is 14.2. The van der Waals surface area contributed by atoms with E-state index in [1.165, 1.54) is 18.1 Å². The summed E-state index contributed by atoms with van der Waals surface area (Å²) in [6.07, 6.45) is 0.247. The summed E-state index contributed by atoms with van der Waals surface area (Å²) in [6, 6.07) is 16.7. The van der Waals surface area contributed by atoms with E-state index in [9.17, 15) is 13.6 Å². The summed E-state index contributed by atoms with van der Waals surface area (Å²) in [5.41, 5.74) is 1.44. The molecule has 0 aliphatic rings. The highest BCUT2D eigenvalue weighted by Crippen LogP contribution is 2.31. The number of carbonyl (C=O) groups excluding carboxylic acids is 1. The van der Waals surface area contributed by atoms with Crippen molar-refractivity contribution in [3.63, 3.8) is 0 Å². The molecule has 0 bridgehead atoms. The maximum Gasteiger partial charge on any atom is 0.322 e. The third-order valence-electron chi connectivity index (χ3n) is 5.86. The van der Waals surface area contributed by atoms with Crippen LogP contribution in [-0.4, -0.2) is 41.8 Å². The lowest BCUT2D eigenvalue weighted by Crippen LogP contribution is -2.38. The number of amides is 2. The SMILES string of the molecule is COc1ccc(-c2noc(CCN(C(=O)Nc3ccc(F)cc3F)C(C)c3ccccc3)n2)cc1OC. The molecule has 2 amide bonds. The van der Waals surface area contributed by atoms with Gasteiger partial charge in [0.1, 0.15) is 11.6 Å². The van der Waals surface area contributed by atoms with Crippen molar-refractivity contribution in [2.45, 2.75) is 19.4 Å². The van der Waals surface area contributed by atoms with Crippen LogP contribution in [0.2, 0.25) is 0 Å². The number of halogens is 2. The average molecular weight is 509 g/mol. The number of nitrogens with zero attached hydrogens (tertiary/aromatic N) is 3. The molecule has 0 radical (unpaired) electrons. The normalized spacial score (nSPS) is 11.6. The number of aromatic nitrogens is 2. The standard InChI is InChI=1S/C27H26F2N4O4/c1-17(18-7-5-4-6-8-18)33(27(34)30-22-11-10-20(28)16-21(22)29)14-13-25-31-26(32-37-25)19-9-12-23(35-2)24(15-19)36-3/h4-12,15-17H,13-14H2,1-3H3,(H,30,34). The second-order valence-corrected chi connectivity index (χ2v) is 8.17. The van der Waals surface area contributed by atoms with Gasteiger partial charge in [-0.15, -0.1) is 0 Å². The molecule has 0 saturated carbocycles. The van der Waals surface area contributed by atoms with Gasteiger partial charge >= 0.3 is 6.03 Å². The molecular formula is C27H26F2N4O4. The van der Waals surface area contributed by atoms with Crippen LogP contribution in [0.15, 0.2) is 71.3 Å². The number of hydrogen-bond donors (Lipinski definition) is 1. The third-order valence-corrected chi connectivity index (χ3v) is 5.86. The predicted molar refractivity (Wildman–Crippen MR) is 133 cm³/mol. The van der Waals surface area contributed by atoms with Gasteiger partial charge in [0.15, 0.2) is 11.5 Å². The molecule has 1 atom stereocenters. The van der Waals surface area contributed by atoms with Gasteiger partial charge in [-0.3, -0.25) is 0 Å². The summed E-state index contributed by atoms with van der Waals surface area (Å²) in [5.74, 6) is 0.180. The summed E-state index contributed by atoms with van der Waals surface area (Å²) < 4.78 is 43.5. The molecule has 1 N–H and O–H groups in total. The lowest BCUT2D eigenvalue weighted by molar-refractivity contribution is 0.191. The number of hydrogen-bond acceptors (Lipinski definition) is 6. The summed E-state index contributed by atoms with van der Waals surface area (Å²) in [4.78, 5) is 19.2. The zero-order valence-corrected chi connectivity index (χ0v) is 20.6. The summed E-state index contributed by atoms with van der Waals surface area (Å²) in [6.45, 7) is 2.05. The van der Waals surface area contributed by atoms with E-state index in [-0.39, 0.29) is 24.7 Å². The molecule has 0 saturated heterocycles. The second kappa shape index (κ2) is 11.5. The Morgan fingerprint density at radius 2 is 1.78 bits per heavy atom. The minimum Gasteiger partial charge on any atom is -0.493 e. The van der Waals surface area contributed by atoms with Crippen LogP contribution in [0, 0.1) is 11.6 Å². The fraction of sp³-hybridized carbons (Fsp3) is 0.222. The summed E-state index contributed by atoms with van der Waals surface area (Å²) in [7, 11) is 3.08. The zero-order valence-electron chi connectivity index (χ0n) is 20.6. The average Bonchev–Trinajstić information content (AvgIpc) is 3.39.